The van der Waals surface area contributed by atoms with Crippen LogP contribution in [-0.4, -0.2) is 36.5 Å². The van der Waals surface area contributed by atoms with Crippen LogP contribution in [-0.2, 0) is 14.9 Å². The average molecular weight is 284 g/mol. The molecule has 0 atom stereocenters. The van der Waals surface area contributed by atoms with Crippen molar-refractivity contribution >= 4 is 21.7 Å². The Morgan fingerprint density at radius 2 is 2.32 bits per heavy atom. The zero-order valence-electron chi connectivity index (χ0n) is 10.8. The summed E-state index contributed by atoms with van der Waals surface area (Å²) in [5.41, 5.74) is 1.18. The number of rotatable bonds is 6. The third-order valence-electron chi connectivity index (χ3n) is 2.68. The maximum absolute atomic E-state index is 11.8. The van der Waals surface area contributed by atoms with Gasteiger partial charge in [-0.3, -0.25) is 4.72 Å². The minimum absolute atomic E-state index is 0.0710. The van der Waals surface area contributed by atoms with Crippen molar-refractivity contribution in [1.29, 1.82) is 0 Å². The van der Waals surface area contributed by atoms with E-state index in [1.165, 1.54) is 13.3 Å². The van der Waals surface area contributed by atoms with Crippen LogP contribution in [0.1, 0.15) is 31.9 Å². The predicted octanol–water partition coefficient (Wildman–Crippen LogP) is 1.14. The molecule has 1 aliphatic rings. The van der Waals surface area contributed by atoms with Crippen molar-refractivity contribution in [1.82, 2.24) is 9.97 Å². The Kier molecular flexibility index (Phi) is 3.98. The fourth-order valence-electron chi connectivity index (χ4n) is 1.56. The first-order valence-corrected chi connectivity index (χ1v) is 7.56. The molecule has 0 unspecified atom stereocenters. The maximum atomic E-state index is 11.8. The third-order valence-corrected chi connectivity index (χ3v) is 4.50. The Balaban J connectivity index is 2.21. The van der Waals surface area contributed by atoms with Crippen LogP contribution in [0.2, 0.25) is 0 Å². The molecule has 0 aliphatic heterocycles. The molecule has 1 fully saturated rings. The van der Waals surface area contributed by atoms with Crippen molar-refractivity contribution in [2.45, 2.75) is 31.4 Å². The van der Waals surface area contributed by atoms with Crippen LogP contribution in [0.25, 0.3) is 0 Å². The Bertz CT molecular complexity index is 581. The zero-order chi connectivity index (χ0) is 13.9. The Labute approximate surface area is 112 Å². The lowest BCUT2D eigenvalue weighted by molar-refractivity contribution is 0.213. The van der Waals surface area contributed by atoms with Crippen molar-refractivity contribution in [3.05, 3.63) is 18.0 Å². The predicted molar refractivity (Wildman–Crippen MR) is 71.4 cm³/mol. The second kappa shape index (κ2) is 5.52. The molecule has 1 aliphatic carbocycles. The number of aromatic nitrogens is 2. The van der Waals surface area contributed by atoms with Crippen LogP contribution >= 0.6 is 0 Å². The maximum Gasteiger partial charge on any atom is 0.237 e. The molecule has 1 aromatic rings. The van der Waals surface area contributed by atoms with Gasteiger partial charge in [0.05, 0.1) is 10.9 Å². The van der Waals surface area contributed by atoms with Crippen LogP contribution in [0, 0.1) is 0 Å². The van der Waals surface area contributed by atoms with Crippen molar-refractivity contribution in [2.75, 3.05) is 11.8 Å². The van der Waals surface area contributed by atoms with Crippen molar-refractivity contribution in [2.24, 2.45) is 5.16 Å². The fourth-order valence-corrected chi connectivity index (χ4v) is 2.84. The molecule has 0 amide bonds. The lowest BCUT2D eigenvalue weighted by atomic mass is 10.2. The summed E-state index contributed by atoms with van der Waals surface area (Å²) in [4.78, 5) is 12.8. The SMILES string of the molecule is CC/C(=N\OC)c1ccnc(NS(=O)(=O)C2CC2)n1. The van der Waals surface area contributed by atoms with Gasteiger partial charge in [0.15, 0.2) is 0 Å². The van der Waals surface area contributed by atoms with E-state index >= 15 is 0 Å². The number of oxime groups is 1. The van der Waals surface area contributed by atoms with E-state index < -0.39 is 10.0 Å². The number of anilines is 1. The van der Waals surface area contributed by atoms with Gasteiger partial charge in [0, 0.05) is 6.20 Å². The minimum Gasteiger partial charge on any atom is -0.399 e. The normalized spacial score (nSPS) is 16.2. The summed E-state index contributed by atoms with van der Waals surface area (Å²) in [6, 6.07) is 1.66. The van der Waals surface area contributed by atoms with E-state index in [4.69, 9.17) is 4.84 Å². The van der Waals surface area contributed by atoms with E-state index in [1.807, 2.05) is 6.92 Å². The summed E-state index contributed by atoms with van der Waals surface area (Å²) in [7, 11) is -1.90. The van der Waals surface area contributed by atoms with E-state index in [0.29, 0.717) is 30.7 Å². The van der Waals surface area contributed by atoms with Gasteiger partial charge in [-0.2, -0.15) is 0 Å². The second-order valence-corrected chi connectivity index (χ2v) is 6.15. The number of nitrogens with zero attached hydrogens (tertiary/aromatic N) is 3. The molecule has 0 aromatic carbocycles. The van der Waals surface area contributed by atoms with Crippen molar-refractivity contribution < 1.29 is 13.3 Å². The molecule has 0 saturated heterocycles. The average Bonchev–Trinajstić information content (AvgIpc) is 3.20. The molecule has 19 heavy (non-hydrogen) atoms. The highest BCUT2D eigenvalue weighted by atomic mass is 32.2. The van der Waals surface area contributed by atoms with Crippen LogP contribution in [0.15, 0.2) is 17.4 Å². The Hall–Kier alpha value is -1.70. The third kappa shape index (κ3) is 3.40. The lowest BCUT2D eigenvalue weighted by Crippen LogP contribution is -2.19. The Morgan fingerprint density at radius 3 is 2.89 bits per heavy atom. The standard InChI is InChI=1S/C11H16N4O3S/c1-3-9(14-18-2)10-6-7-12-11(13-10)15-19(16,17)8-4-5-8/h6-8H,3-5H2,1-2H3,(H,12,13,15)/b14-9+. The highest BCUT2D eigenvalue weighted by molar-refractivity contribution is 7.93. The first-order valence-electron chi connectivity index (χ1n) is 6.02. The molecule has 1 saturated carbocycles. The highest BCUT2D eigenvalue weighted by Crippen LogP contribution is 2.28. The molecule has 0 spiro atoms. The fraction of sp³-hybridized carbons (Fsp3) is 0.545. The van der Waals surface area contributed by atoms with Crippen LogP contribution < -0.4 is 4.72 Å². The molecule has 0 radical (unpaired) electrons. The van der Waals surface area contributed by atoms with E-state index in [9.17, 15) is 8.42 Å². The monoisotopic (exact) mass is 284 g/mol. The summed E-state index contributed by atoms with van der Waals surface area (Å²) in [5.74, 6) is 0.0710. The van der Waals surface area contributed by atoms with Gasteiger partial charge in [0.1, 0.15) is 12.8 Å². The highest BCUT2D eigenvalue weighted by Gasteiger charge is 2.36. The lowest BCUT2D eigenvalue weighted by Gasteiger charge is -2.07. The van der Waals surface area contributed by atoms with Gasteiger partial charge >= 0.3 is 0 Å². The minimum atomic E-state index is -3.35. The summed E-state index contributed by atoms with van der Waals surface area (Å²) < 4.78 is 26.0. The van der Waals surface area contributed by atoms with Crippen LogP contribution in [0.3, 0.4) is 0 Å². The van der Waals surface area contributed by atoms with Crippen molar-refractivity contribution in [3.63, 3.8) is 0 Å². The second-order valence-electron chi connectivity index (χ2n) is 4.19. The first kappa shape index (κ1) is 13.7. The molecule has 7 nitrogen and oxygen atoms in total. The van der Waals surface area contributed by atoms with Crippen LogP contribution in [0.4, 0.5) is 5.95 Å². The summed E-state index contributed by atoms with van der Waals surface area (Å²) in [5, 5.41) is 3.54. The summed E-state index contributed by atoms with van der Waals surface area (Å²) in [6.45, 7) is 1.91. The van der Waals surface area contributed by atoms with E-state index in [-0.39, 0.29) is 11.2 Å². The summed E-state index contributed by atoms with van der Waals surface area (Å²) >= 11 is 0. The van der Waals surface area contributed by atoms with E-state index in [1.54, 1.807) is 6.07 Å². The molecular formula is C11H16N4O3S. The van der Waals surface area contributed by atoms with Gasteiger partial charge in [0.2, 0.25) is 16.0 Å². The quantitative estimate of drug-likeness (QED) is 0.624. The topological polar surface area (TPSA) is 93.5 Å². The molecular weight excluding hydrogens is 268 g/mol. The van der Waals surface area contributed by atoms with E-state index in [2.05, 4.69) is 19.8 Å². The molecule has 1 heterocycles. The van der Waals surface area contributed by atoms with Gasteiger partial charge in [-0.25, -0.2) is 18.4 Å². The van der Waals surface area contributed by atoms with Gasteiger partial charge in [0.25, 0.3) is 0 Å². The smallest absolute Gasteiger partial charge is 0.237 e. The number of nitrogens with one attached hydrogen (secondary N) is 1. The molecule has 1 aromatic heterocycles. The number of hydrogen-bond acceptors (Lipinski definition) is 6. The number of hydrogen-bond donors (Lipinski definition) is 1. The molecule has 8 heteroatoms. The molecule has 2 rings (SSSR count). The largest absolute Gasteiger partial charge is 0.399 e. The van der Waals surface area contributed by atoms with E-state index in [0.717, 1.165) is 0 Å². The van der Waals surface area contributed by atoms with Gasteiger partial charge in [-0.15, -0.1) is 0 Å². The van der Waals surface area contributed by atoms with Gasteiger partial charge in [-0.1, -0.05) is 12.1 Å². The zero-order valence-corrected chi connectivity index (χ0v) is 11.6. The molecule has 0 bridgehead atoms. The number of sulfonamides is 1. The molecule has 1 N–H and O–H groups in total. The van der Waals surface area contributed by atoms with Gasteiger partial charge in [-0.05, 0) is 25.3 Å². The van der Waals surface area contributed by atoms with Crippen LogP contribution in [0.5, 0.6) is 0 Å². The molecule has 104 valence electrons. The first-order chi connectivity index (χ1) is 9.06. The van der Waals surface area contributed by atoms with Gasteiger partial charge < -0.3 is 4.84 Å². The summed E-state index contributed by atoms with van der Waals surface area (Å²) in [6.07, 6.45) is 3.51. The van der Waals surface area contributed by atoms with Crippen molar-refractivity contribution in [3.8, 4) is 0 Å². The Morgan fingerprint density at radius 1 is 1.58 bits per heavy atom.